The van der Waals surface area contributed by atoms with Gasteiger partial charge in [0.2, 0.25) is 11.8 Å². The Labute approximate surface area is 284 Å². The number of sulfonamides is 1. The number of ether oxygens (including phenoxy) is 1. The SMILES string of the molecule is CCCNC(=O)[C@@H](Cc1ccccc1)N(Cc1ccc(Cl)c(Cl)c1)C(=O)CN(c1ccc(Cl)cc1)S(=O)(=O)c1ccc(OC)cc1. The van der Waals surface area contributed by atoms with Crippen molar-refractivity contribution < 1.29 is 22.7 Å². The van der Waals surface area contributed by atoms with Crippen molar-refractivity contribution in [1.82, 2.24) is 10.2 Å². The van der Waals surface area contributed by atoms with Gasteiger partial charge in [-0.3, -0.25) is 13.9 Å². The third-order valence-electron chi connectivity index (χ3n) is 7.20. The molecule has 0 saturated heterocycles. The Morgan fingerprint density at radius 1 is 0.848 bits per heavy atom. The topological polar surface area (TPSA) is 96.0 Å². The highest BCUT2D eigenvalue weighted by Crippen LogP contribution is 2.28. The van der Waals surface area contributed by atoms with Crippen molar-refractivity contribution in [3.8, 4) is 5.75 Å². The maximum Gasteiger partial charge on any atom is 0.264 e. The first-order chi connectivity index (χ1) is 22.0. The minimum atomic E-state index is -4.28. The molecule has 0 saturated carbocycles. The summed E-state index contributed by atoms with van der Waals surface area (Å²) < 4.78 is 34.5. The first-order valence-electron chi connectivity index (χ1n) is 14.5. The lowest BCUT2D eigenvalue weighted by atomic mass is 10.0. The molecule has 0 aliphatic rings. The Morgan fingerprint density at radius 3 is 2.13 bits per heavy atom. The smallest absolute Gasteiger partial charge is 0.264 e. The van der Waals surface area contributed by atoms with Crippen LogP contribution in [0.5, 0.6) is 5.75 Å². The second-order valence-corrected chi connectivity index (χ2v) is 13.5. The van der Waals surface area contributed by atoms with E-state index in [1.54, 1.807) is 30.3 Å². The number of halogens is 3. The molecule has 0 heterocycles. The van der Waals surface area contributed by atoms with Crippen LogP contribution >= 0.6 is 34.8 Å². The zero-order chi connectivity index (χ0) is 33.3. The van der Waals surface area contributed by atoms with Gasteiger partial charge in [-0.05, 0) is 78.2 Å². The van der Waals surface area contributed by atoms with Gasteiger partial charge in [-0.15, -0.1) is 0 Å². The van der Waals surface area contributed by atoms with Gasteiger partial charge in [-0.25, -0.2) is 8.42 Å². The summed E-state index contributed by atoms with van der Waals surface area (Å²) in [7, 11) is -2.80. The summed E-state index contributed by atoms with van der Waals surface area (Å²) in [6.45, 7) is 1.69. The zero-order valence-electron chi connectivity index (χ0n) is 25.3. The lowest BCUT2D eigenvalue weighted by Crippen LogP contribution is -2.53. The predicted octanol–water partition coefficient (Wildman–Crippen LogP) is 7.02. The molecule has 1 atom stereocenters. The predicted molar refractivity (Wildman–Crippen MR) is 183 cm³/mol. The highest BCUT2D eigenvalue weighted by atomic mass is 35.5. The lowest BCUT2D eigenvalue weighted by Gasteiger charge is -2.34. The van der Waals surface area contributed by atoms with Gasteiger partial charge >= 0.3 is 0 Å². The van der Waals surface area contributed by atoms with E-state index in [2.05, 4.69) is 5.32 Å². The highest BCUT2D eigenvalue weighted by Gasteiger charge is 2.34. The first-order valence-corrected chi connectivity index (χ1v) is 17.1. The Bertz CT molecular complexity index is 1740. The Balaban J connectivity index is 1.80. The molecule has 0 fully saturated rings. The van der Waals surface area contributed by atoms with E-state index < -0.39 is 28.5 Å². The Hall–Kier alpha value is -3.76. The molecule has 4 aromatic carbocycles. The minimum Gasteiger partial charge on any atom is -0.497 e. The molecule has 0 bridgehead atoms. The van der Waals surface area contributed by atoms with Crippen molar-refractivity contribution in [3.05, 3.63) is 123 Å². The number of amides is 2. The summed E-state index contributed by atoms with van der Waals surface area (Å²) in [5.41, 5.74) is 1.66. The van der Waals surface area contributed by atoms with Crippen LogP contribution in [-0.2, 0) is 32.6 Å². The fourth-order valence-electron chi connectivity index (χ4n) is 4.77. The van der Waals surface area contributed by atoms with Gasteiger partial charge < -0.3 is 15.0 Å². The van der Waals surface area contributed by atoms with Crippen molar-refractivity contribution >= 4 is 62.3 Å². The number of nitrogens with one attached hydrogen (secondary N) is 1. The number of carbonyl (C=O) groups excluding carboxylic acids is 2. The monoisotopic (exact) mass is 701 g/mol. The Kier molecular flexibility index (Phi) is 12.3. The molecule has 0 aliphatic carbocycles. The molecule has 0 spiro atoms. The van der Waals surface area contributed by atoms with Crippen molar-refractivity contribution in [2.24, 2.45) is 0 Å². The van der Waals surface area contributed by atoms with Gasteiger partial charge in [0, 0.05) is 24.5 Å². The summed E-state index contributed by atoms with van der Waals surface area (Å²) in [4.78, 5) is 29.5. The van der Waals surface area contributed by atoms with E-state index in [0.717, 1.165) is 9.87 Å². The largest absolute Gasteiger partial charge is 0.497 e. The van der Waals surface area contributed by atoms with E-state index in [4.69, 9.17) is 39.5 Å². The number of hydrogen-bond donors (Lipinski definition) is 1. The van der Waals surface area contributed by atoms with E-state index in [9.17, 15) is 18.0 Å². The Morgan fingerprint density at radius 2 is 1.52 bits per heavy atom. The fraction of sp³-hybridized carbons (Fsp3) is 0.235. The summed E-state index contributed by atoms with van der Waals surface area (Å²) in [5.74, 6) is -0.497. The summed E-state index contributed by atoms with van der Waals surface area (Å²) >= 11 is 18.6. The van der Waals surface area contributed by atoms with Gasteiger partial charge in [-0.2, -0.15) is 0 Å². The van der Waals surface area contributed by atoms with Crippen LogP contribution in [0.4, 0.5) is 5.69 Å². The van der Waals surface area contributed by atoms with E-state index in [1.165, 1.54) is 48.4 Å². The third-order valence-corrected chi connectivity index (χ3v) is 9.98. The number of hydrogen-bond acceptors (Lipinski definition) is 5. The minimum absolute atomic E-state index is 0.0379. The maximum absolute atomic E-state index is 14.5. The molecule has 1 N–H and O–H groups in total. The second kappa shape index (κ2) is 16.2. The summed E-state index contributed by atoms with van der Waals surface area (Å²) in [6, 6.07) is 25.3. The van der Waals surface area contributed by atoms with Crippen molar-refractivity contribution in [3.63, 3.8) is 0 Å². The van der Waals surface area contributed by atoms with Crippen molar-refractivity contribution in [2.75, 3.05) is 24.5 Å². The second-order valence-electron chi connectivity index (χ2n) is 10.4. The molecule has 46 heavy (non-hydrogen) atoms. The van der Waals surface area contributed by atoms with Crippen LogP contribution in [0.15, 0.2) is 102 Å². The van der Waals surface area contributed by atoms with Gasteiger partial charge in [0.15, 0.2) is 0 Å². The molecular weight excluding hydrogens is 669 g/mol. The number of nitrogens with zero attached hydrogens (tertiary/aromatic N) is 2. The molecule has 4 aromatic rings. The zero-order valence-corrected chi connectivity index (χ0v) is 28.4. The van der Waals surface area contributed by atoms with Crippen molar-refractivity contribution in [1.29, 1.82) is 0 Å². The molecule has 242 valence electrons. The van der Waals surface area contributed by atoms with Crippen LogP contribution in [0, 0.1) is 0 Å². The van der Waals surface area contributed by atoms with E-state index >= 15 is 0 Å². The normalized spacial score (nSPS) is 11.8. The van der Waals surface area contributed by atoms with Gasteiger partial charge in [0.1, 0.15) is 18.3 Å². The summed E-state index contributed by atoms with van der Waals surface area (Å²) in [6.07, 6.45) is 0.880. The number of methoxy groups -OCH3 is 1. The van der Waals surface area contributed by atoms with Crippen molar-refractivity contribution in [2.45, 2.75) is 37.2 Å². The van der Waals surface area contributed by atoms with Crippen LogP contribution in [0.2, 0.25) is 15.1 Å². The molecule has 4 rings (SSSR count). The van der Waals surface area contributed by atoms with E-state index in [-0.39, 0.29) is 34.5 Å². The van der Waals surface area contributed by atoms with Gasteiger partial charge in [0.25, 0.3) is 10.0 Å². The van der Waals surface area contributed by atoms with Crippen LogP contribution in [-0.4, -0.2) is 51.4 Å². The van der Waals surface area contributed by atoms with Crippen LogP contribution in [0.25, 0.3) is 0 Å². The fourth-order valence-corrected chi connectivity index (χ4v) is 6.63. The van der Waals surface area contributed by atoms with Crippen LogP contribution in [0.1, 0.15) is 24.5 Å². The van der Waals surface area contributed by atoms with E-state index in [1.807, 2.05) is 37.3 Å². The number of carbonyl (C=O) groups is 2. The maximum atomic E-state index is 14.5. The molecule has 0 unspecified atom stereocenters. The number of rotatable bonds is 14. The molecule has 8 nitrogen and oxygen atoms in total. The van der Waals surface area contributed by atoms with Gasteiger partial charge in [-0.1, -0.05) is 78.1 Å². The van der Waals surface area contributed by atoms with Gasteiger partial charge in [0.05, 0.1) is 27.7 Å². The highest BCUT2D eigenvalue weighted by molar-refractivity contribution is 7.92. The molecule has 2 amide bonds. The molecule has 0 aromatic heterocycles. The average Bonchev–Trinajstić information content (AvgIpc) is 3.06. The number of anilines is 1. The lowest BCUT2D eigenvalue weighted by molar-refractivity contribution is -0.140. The average molecular weight is 703 g/mol. The first kappa shape index (κ1) is 35.1. The molecule has 0 radical (unpaired) electrons. The number of benzene rings is 4. The summed E-state index contributed by atoms with van der Waals surface area (Å²) in [5, 5.41) is 3.93. The quantitative estimate of drug-likeness (QED) is 0.153. The molecular formula is C34H34Cl3N3O5S. The molecule has 12 heteroatoms. The van der Waals surface area contributed by atoms with E-state index in [0.29, 0.717) is 34.3 Å². The third kappa shape index (κ3) is 8.94. The standard InChI is InChI=1S/C34H34Cl3N3O5S/c1-3-19-38-34(42)32(21-24-7-5-4-6-8-24)39(22-25-9-18-30(36)31(37)20-25)33(41)23-40(27-12-10-26(35)11-13-27)46(43,44)29-16-14-28(45-2)15-17-29/h4-18,20,32H,3,19,21-23H2,1-2H3,(H,38,42)/t32-/m1/s1. The van der Waals surface area contributed by atoms with Crippen LogP contribution < -0.4 is 14.4 Å². The molecule has 0 aliphatic heterocycles. The van der Waals surface area contributed by atoms with Crippen LogP contribution in [0.3, 0.4) is 0 Å².